The van der Waals surface area contributed by atoms with Gasteiger partial charge in [0.05, 0.1) is 0 Å². The highest BCUT2D eigenvalue weighted by Gasteiger charge is 2.26. The van der Waals surface area contributed by atoms with Gasteiger partial charge in [-0.05, 0) is 63.5 Å². The summed E-state index contributed by atoms with van der Waals surface area (Å²) in [5.74, 6) is 1.61. The lowest BCUT2D eigenvalue weighted by Crippen LogP contribution is -2.30. The highest BCUT2D eigenvalue weighted by atomic mass is 16.5. The number of methoxy groups -OCH3 is 1. The Morgan fingerprint density at radius 1 is 1.29 bits per heavy atom. The zero-order valence-corrected chi connectivity index (χ0v) is 13.5. The third-order valence-corrected chi connectivity index (χ3v) is 4.81. The molecule has 2 aliphatic carbocycles. The van der Waals surface area contributed by atoms with Crippen molar-refractivity contribution in [3.8, 4) is 0 Å². The topological polar surface area (TPSA) is 47.0 Å². The number of hydrogen-bond donors (Lipinski definition) is 1. The number of rotatable bonds is 6. The molecule has 0 radical (unpaired) electrons. The summed E-state index contributed by atoms with van der Waals surface area (Å²) in [6.07, 6.45) is 7.14. The van der Waals surface area contributed by atoms with Gasteiger partial charge >= 0.3 is 0 Å². The van der Waals surface area contributed by atoms with E-state index in [0.717, 1.165) is 49.3 Å². The number of aromatic nitrogens is 2. The van der Waals surface area contributed by atoms with Crippen molar-refractivity contribution in [1.82, 2.24) is 15.3 Å². The zero-order valence-electron chi connectivity index (χ0n) is 13.5. The van der Waals surface area contributed by atoms with Gasteiger partial charge in [0.15, 0.2) is 5.82 Å². The van der Waals surface area contributed by atoms with E-state index in [1.54, 1.807) is 7.11 Å². The summed E-state index contributed by atoms with van der Waals surface area (Å²) in [5, 5.41) is 3.66. The standard InChI is InChI=1S/C17H27N3O/c1-4-16(21-3)17-19-11(2)14-9-12(5-8-15(14)20-17)10-18-13-6-7-13/h12-13,16,18H,4-10H2,1-3H3. The Morgan fingerprint density at radius 2 is 2.10 bits per heavy atom. The molecule has 4 nitrogen and oxygen atoms in total. The Hall–Kier alpha value is -1.00. The van der Waals surface area contributed by atoms with Crippen LogP contribution in [-0.2, 0) is 17.6 Å². The Labute approximate surface area is 127 Å². The second-order valence-corrected chi connectivity index (χ2v) is 6.52. The lowest BCUT2D eigenvalue weighted by molar-refractivity contribution is 0.0920. The summed E-state index contributed by atoms with van der Waals surface area (Å²) >= 11 is 0. The maximum absolute atomic E-state index is 5.49. The molecular formula is C17H27N3O. The van der Waals surface area contributed by atoms with Gasteiger partial charge in [-0.1, -0.05) is 6.92 Å². The molecule has 0 amide bonds. The van der Waals surface area contributed by atoms with Crippen molar-refractivity contribution in [3.05, 3.63) is 22.8 Å². The molecule has 0 spiro atoms. The average Bonchev–Trinajstić information content (AvgIpc) is 3.31. The highest BCUT2D eigenvalue weighted by Crippen LogP contribution is 2.29. The van der Waals surface area contributed by atoms with Gasteiger partial charge in [0.25, 0.3) is 0 Å². The quantitative estimate of drug-likeness (QED) is 0.875. The predicted molar refractivity (Wildman–Crippen MR) is 83.3 cm³/mol. The van der Waals surface area contributed by atoms with Gasteiger partial charge in [0, 0.05) is 24.5 Å². The number of nitrogens with one attached hydrogen (secondary N) is 1. The fourth-order valence-corrected chi connectivity index (χ4v) is 3.28. The number of ether oxygens (including phenoxy) is 1. The molecule has 0 aliphatic heterocycles. The minimum Gasteiger partial charge on any atom is -0.373 e. The van der Waals surface area contributed by atoms with Crippen LogP contribution >= 0.6 is 0 Å². The SMILES string of the molecule is CCC(OC)c1nc(C)c2c(n1)CCC(CNC1CC1)C2. The molecule has 1 aromatic rings. The largest absolute Gasteiger partial charge is 0.373 e. The van der Waals surface area contributed by atoms with Crippen molar-refractivity contribution in [1.29, 1.82) is 0 Å². The monoisotopic (exact) mass is 289 g/mol. The van der Waals surface area contributed by atoms with E-state index in [9.17, 15) is 0 Å². The van der Waals surface area contributed by atoms with E-state index in [1.165, 1.54) is 30.5 Å². The van der Waals surface area contributed by atoms with Crippen LogP contribution in [0.5, 0.6) is 0 Å². The maximum Gasteiger partial charge on any atom is 0.157 e. The molecule has 116 valence electrons. The van der Waals surface area contributed by atoms with Crippen LogP contribution in [0.4, 0.5) is 0 Å². The molecule has 1 aromatic heterocycles. The average molecular weight is 289 g/mol. The van der Waals surface area contributed by atoms with Crippen LogP contribution in [0.25, 0.3) is 0 Å². The Bertz CT molecular complexity index is 495. The molecule has 4 heteroatoms. The van der Waals surface area contributed by atoms with Crippen LogP contribution in [0, 0.1) is 12.8 Å². The first-order valence-corrected chi connectivity index (χ1v) is 8.33. The third kappa shape index (κ3) is 3.43. The van der Waals surface area contributed by atoms with Gasteiger partial charge in [-0.25, -0.2) is 9.97 Å². The van der Waals surface area contributed by atoms with Crippen molar-refractivity contribution >= 4 is 0 Å². The van der Waals surface area contributed by atoms with E-state index in [0.29, 0.717) is 0 Å². The van der Waals surface area contributed by atoms with Crippen molar-refractivity contribution < 1.29 is 4.74 Å². The van der Waals surface area contributed by atoms with E-state index in [-0.39, 0.29) is 6.10 Å². The molecule has 3 rings (SSSR count). The number of nitrogens with zero attached hydrogens (tertiary/aromatic N) is 2. The van der Waals surface area contributed by atoms with Crippen LogP contribution < -0.4 is 5.32 Å². The van der Waals surface area contributed by atoms with Gasteiger partial charge < -0.3 is 10.1 Å². The highest BCUT2D eigenvalue weighted by molar-refractivity contribution is 5.28. The van der Waals surface area contributed by atoms with E-state index < -0.39 is 0 Å². The molecule has 2 aliphatic rings. The van der Waals surface area contributed by atoms with E-state index in [1.807, 2.05) is 0 Å². The number of aryl methyl sites for hydroxylation is 2. The van der Waals surface area contributed by atoms with Gasteiger partial charge in [-0.2, -0.15) is 0 Å². The number of hydrogen-bond acceptors (Lipinski definition) is 4. The maximum atomic E-state index is 5.49. The molecule has 1 saturated carbocycles. The number of fused-ring (bicyclic) bond motifs is 1. The summed E-state index contributed by atoms with van der Waals surface area (Å²) in [5.41, 5.74) is 3.80. The molecule has 21 heavy (non-hydrogen) atoms. The van der Waals surface area contributed by atoms with Crippen molar-refractivity contribution in [3.63, 3.8) is 0 Å². The van der Waals surface area contributed by atoms with Crippen LogP contribution in [0.15, 0.2) is 0 Å². The molecule has 1 heterocycles. The summed E-state index contributed by atoms with van der Waals surface area (Å²) < 4.78 is 5.49. The summed E-state index contributed by atoms with van der Waals surface area (Å²) in [6, 6.07) is 0.804. The molecule has 0 bridgehead atoms. The fraction of sp³-hybridized carbons (Fsp3) is 0.765. The zero-order chi connectivity index (χ0) is 14.8. The predicted octanol–water partition coefficient (Wildman–Crippen LogP) is 2.74. The minimum atomic E-state index is 0.0308. The molecule has 2 unspecified atom stereocenters. The minimum absolute atomic E-state index is 0.0308. The normalized spacial score (nSPS) is 22.9. The van der Waals surface area contributed by atoms with E-state index in [4.69, 9.17) is 14.7 Å². The van der Waals surface area contributed by atoms with Crippen molar-refractivity contribution in [2.45, 2.75) is 64.5 Å². The van der Waals surface area contributed by atoms with Gasteiger partial charge in [-0.3, -0.25) is 0 Å². The Balaban J connectivity index is 1.72. The molecule has 0 saturated heterocycles. The van der Waals surface area contributed by atoms with E-state index in [2.05, 4.69) is 19.2 Å². The molecular weight excluding hydrogens is 262 g/mol. The second kappa shape index (κ2) is 6.41. The summed E-state index contributed by atoms with van der Waals surface area (Å²) in [7, 11) is 1.74. The lowest BCUT2D eigenvalue weighted by atomic mass is 9.85. The van der Waals surface area contributed by atoms with Crippen LogP contribution in [-0.4, -0.2) is 29.7 Å². The van der Waals surface area contributed by atoms with Gasteiger partial charge in [0.1, 0.15) is 6.10 Å². The summed E-state index contributed by atoms with van der Waals surface area (Å²) in [4.78, 5) is 9.52. The Kier molecular flexibility index (Phi) is 4.55. The van der Waals surface area contributed by atoms with Crippen molar-refractivity contribution in [2.75, 3.05) is 13.7 Å². The first-order chi connectivity index (χ1) is 10.2. The molecule has 1 fully saturated rings. The lowest BCUT2D eigenvalue weighted by Gasteiger charge is -2.26. The van der Waals surface area contributed by atoms with Gasteiger partial charge in [0.2, 0.25) is 0 Å². The summed E-state index contributed by atoms with van der Waals surface area (Å²) in [6.45, 7) is 5.40. The first-order valence-electron chi connectivity index (χ1n) is 8.33. The van der Waals surface area contributed by atoms with Crippen LogP contribution in [0.2, 0.25) is 0 Å². The second-order valence-electron chi connectivity index (χ2n) is 6.52. The molecule has 2 atom stereocenters. The smallest absolute Gasteiger partial charge is 0.157 e. The van der Waals surface area contributed by atoms with Crippen molar-refractivity contribution in [2.24, 2.45) is 5.92 Å². The van der Waals surface area contributed by atoms with E-state index >= 15 is 0 Å². The Morgan fingerprint density at radius 3 is 2.76 bits per heavy atom. The van der Waals surface area contributed by atoms with Crippen LogP contribution in [0.3, 0.4) is 0 Å². The van der Waals surface area contributed by atoms with Gasteiger partial charge in [-0.15, -0.1) is 0 Å². The molecule has 0 aromatic carbocycles. The fourth-order valence-electron chi connectivity index (χ4n) is 3.28. The van der Waals surface area contributed by atoms with Crippen LogP contribution in [0.1, 0.15) is 61.5 Å². The molecule has 1 N–H and O–H groups in total. The third-order valence-electron chi connectivity index (χ3n) is 4.81. The first kappa shape index (κ1) is 14.9.